The molecule has 1 aromatic heterocycles. The number of nitrogens with zero attached hydrogens (tertiary/aromatic N) is 6. The van der Waals surface area contributed by atoms with Gasteiger partial charge >= 0.3 is 6.01 Å². The second-order valence-corrected chi connectivity index (χ2v) is 12.0. The first-order chi connectivity index (χ1) is 20.0. The van der Waals surface area contributed by atoms with Crippen molar-refractivity contribution in [1.82, 2.24) is 19.8 Å². The summed E-state index contributed by atoms with van der Waals surface area (Å²) in [6, 6.07) is 16.0. The van der Waals surface area contributed by atoms with E-state index < -0.39 is 0 Å². The molecule has 1 saturated carbocycles. The van der Waals surface area contributed by atoms with Crippen LogP contribution in [0.3, 0.4) is 0 Å². The molecule has 4 unspecified atom stereocenters. The number of ether oxygens (including phenoxy) is 1. The Bertz CT molecular complexity index is 1560. The Labute approximate surface area is 241 Å². The molecule has 1 amide bonds. The molecule has 3 fully saturated rings. The third-order valence-corrected chi connectivity index (χ3v) is 9.58. The normalized spacial score (nSPS) is 25.1. The monoisotopic (exact) mass is 548 g/mol. The minimum absolute atomic E-state index is 0.139. The quantitative estimate of drug-likeness (QED) is 0.401. The van der Waals surface area contributed by atoms with E-state index in [4.69, 9.17) is 14.7 Å². The largest absolute Gasteiger partial charge is 0.462 e. The fourth-order valence-electron chi connectivity index (χ4n) is 7.25. The Kier molecular flexibility index (Phi) is 6.63. The van der Waals surface area contributed by atoms with Crippen molar-refractivity contribution in [1.29, 1.82) is 5.26 Å². The van der Waals surface area contributed by atoms with Gasteiger partial charge < -0.3 is 19.4 Å². The molecule has 4 atom stereocenters. The molecule has 3 aromatic rings. The second kappa shape index (κ2) is 10.5. The van der Waals surface area contributed by atoms with Gasteiger partial charge in [0.15, 0.2) is 0 Å². The van der Waals surface area contributed by atoms with Crippen molar-refractivity contribution < 1.29 is 9.53 Å². The molecule has 2 aromatic carbocycles. The molecule has 8 heteroatoms. The lowest BCUT2D eigenvalue weighted by atomic mass is 9.94. The van der Waals surface area contributed by atoms with Crippen LogP contribution in [-0.4, -0.2) is 77.6 Å². The summed E-state index contributed by atoms with van der Waals surface area (Å²) in [4.78, 5) is 28.7. The van der Waals surface area contributed by atoms with Crippen LogP contribution in [0, 0.1) is 17.2 Å². The summed E-state index contributed by atoms with van der Waals surface area (Å²) in [5.74, 6) is 2.18. The molecule has 8 nitrogen and oxygen atoms in total. The highest BCUT2D eigenvalue weighted by Gasteiger charge is 2.46. The molecule has 4 aliphatic rings. The van der Waals surface area contributed by atoms with E-state index in [1.54, 1.807) is 4.90 Å². The topological polar surface area (TPSA) is 85.6 Å². The van der Waals surface area contributed by atoms with Crippen LogP contribution in [0.4, 0.5) is 5.82 Å². The summed E-state index contributed by atoms with van der Waals surface area (Å²) in [7, 11) is 2.14. The maximum Gasteiger partial charge on any atom is 0.319 e. The number of likely N-dealkylation sites (N-methyl/N-ethyl adjacent to an activating group) is 1. The van der Waals surface area contributed by atoms with Gasteiger partial charge in [-0.3, -0.25) is 4.79 Å². The highest BCUT2D eigenvalue weighted by atomic mass is 16.5. The third-order valence-electron chi connectivity index (χ3n) is 9.58. The first kappa shape index (κ1) is 26.0. The molecule has 41 heavy (non-hydrogen) atoms. The molecule has 0 radical (unpaired) electrons. The van der Waals surface area contributed by atoms with Gasteiger partial charge in [-0.25, -0.2) is 0 Å². The van der Waals surface area contributed by atoms with E-state index in [0.717, 1.165) is 35.6 Å². The molecule has 2 aliphatic heterocycles. The van der Waals surface area contributed by atoms with E-state index in [1.165, 1.54) is 47.6 Å². The fraction of sp³-hybridized carbons (Fsp3) is 0.455. The third kappa shape index (κ3) is 4.72. The molecule has 210 valence electrons. The van der Waals surface area contributed by atoms with Gasteiger partial charge in [-0.15, -0.1) is 0 Å². The number of carbonyl (C=O) groups excluding carboxylic acids is 1. The van der Waals surface area contributed by atoms with Crippen LogP contribution >= 0.6 is 0 Å². The van der Waals surface area contributed by atoms with Crippen LogP contribution in [-0.2, 0) is 11.2 Å². The van der Waals surface area contributed by atoms with Gasteiger partial charge in [0.2, 0.25) is 5.91 Å². The summed E-state index contributed by atoms with van der Waals surface area (Å²) in [5.41, 5.74) is 6.36. The number of amides is 1. The summed E-state index contributed by atoms with van der Waals surface area (Å²) in [5, 5.41) is 10.5. The van der Waals surface area contributed by atoms with Crippen LogP contribution in [0.15, 0.2) is 49.1 Å². The highest BCUT2D eigenvalue weighted by molar-refractivity contribution is 5.94. The van der Waals surface area contributed by atoms with Crippen molar-refractivity contribution in [2.75, 3.05) is 44.7 Å². The van der Waals surface area contributed by atoms with Crippen LogP contribution in [0.5, 0.6) is 6.01 Å². The number of anilines is 1. The summed E-state index contributed by atoms with van der Waals surface area (Å²) in [6.07, 6.45) is 6.37. The van der Waals surface area contributed by atoms with Gasteiger partial charge in [-0.1, -0.05) is 30.8 Å². The number of hydrogen-bond acceptors (Lipinski definition) is 7. The fourth-order valence-corrected chi connectivity index (χ4v) is 7.25. The molecule has 2 aliphatic carbocycles. The predicted octanol–water partition coefficient (Wildman–Crippen LogP) is 4.55. The van der Waals surface area contributed by atoms with E-state index >= 15 is 0 Å². The number of hydrogen-bond donors (Lipinski definition) is 0. The standard InChI is InChI=1S/C33H36N6O2/c1-3-30(40)39-15-14-38(19-24(39)11-12-34)32-27-10-9-21(26-8-4-6-22-16-23-17-28(23)31(22)26)18-29(27)35-33(36-32)41-20-25-7-5-13-37(25)2/h3-4,6,8-10,18,23-25,28H,1,5,7,11,13-17,19-20H2,2H3. The Morgan fingerprint density at radius 3 is 2.90 bits per heavy atom. The second-order valence-electron chi connectivity index (χ2n) is 12.0. The number of piperazine rings is 1. The number of fused-ring (bicyclic) bond motifs is 4. The average molecular weight is 549 g/mol. The Morgan fingerprint density at radius 2 is 2.10 bits per heavy atom. The van der Waals surface area contributed by atoms with Crippen LogP contribution in [0.1, 0.15) is 42.7 Å². The average Bonchev–Trinajstić information content (AvgIpc) is 3.47. The van der Waals surface area contributed by atoms with Gasteiger partial charge in [0, 0.05) is 31.1 Å². The van der Waals surface area contributed by atoms with E-state index in [-0.39, 0.29) is 18.4 Å². The van der Waals surface area contributed by atoms with E-state index in [9.17, 15) is 10.1 Å². The number of aromatic nitrogens is 2. The molecule has 2 saturated heterocycles. The van der Waals surface area contributed by atoms with Crippen molar-refractivity contribution in [3.8, 4) is 23.2 Å². The molecule has 3 heterocycles. The van der Waals surface area contributed by atoms with Gasteiger partial charge in [-0.05, 0) is 91.6 Å². The zero-order valence-electron chi connectivity index (χ0n) is 23.6. The lowest BCUT2D eigenvalue weighted by Gasteiger charge is -2.41. The Balaban J connectivity index is 1.26. The van der Waals surface area contributed by atoms with E-state index in [2.05, 4.69) is 65.9 Å². The highest BCUT2D eigenvalue weighted by Crippen LogP contribution is 2.58. The lowest BCUT2D eigenvalue weighted by molar-refractivity contribution is -0.128. The van der Waals surface area contributed by atoms with E-state index in [0.29, 0.717) is 44.2 Å². The molecule has 0 spiro atoms. The number of carbonyl (C=O) groups is 1. The summed E-state index contributed by atoms with van der Waals surface area (Å²) < 4.78 is 6.27. The predicted molar refractivity (Wildman–Crippen MR) is 159 cm³/mol. The van der Waals surface area contributed by atoms with Gasteiger partial charge in [-0.2, -0.15) is 15.2 Å². The van der Waals surface area contributed by atoms with Crippen LogP contribution in [0.25, 0.3) is 22.0 Å². The minimum Gasteiger partial charge on any atom is -0.462 e. The minimum atomic E-state index is -0.238. The SMILES string of the molecule is C=CC(=O)N1CCN(c2nc(OCC3CCCN3C)nc3cc(-c4cccc5c4C4CC4C5)ccc23)CC1CC#N. The number of likely N-dealkylation sites (tertiary alicyclic amines) is 1. The van der Waals surface area contributed by atoms with Crippen molar-refractivity contribution in [2.24, 2.45) is 5.92 Å². The van der Waals surface area contributed by atoms with Crippen LogP contribution in [0.2, 0.25) is 0 Å². The number of nitriles is 1. The maximum absolute atomic E-state index is 12.5. The smallest absolute Gasteiger partial charge is 0.319 e. The maximum atomic E-state index is 12.5. The molecule has 7 rings (SSSR count). The Hall–Kier alpha value is -3.96. The lowest BCUT2D eigenvalue weighted by Crippen LogP contribution is -2.55. The first-order valence-electron chi connectivity index (χ1n) is 14.9. The van der Waals surface area contributed by atoms with E-state index in [1.807, 2.05) is 0 Å². The molecular weight excluding hydrogens is 512 g/mol. The van der Waals surface area contributed by atoms with Crippen molar-refractivity contribution in [3.63, 3.8) is 0 Å². The first-order valence-corrected chi connectivity index (χ1v) is 14.9. The van der Waals surface area contributed by atoms with Crippen LogP contribution < -0.4 is 9.64 Å². The zero-order chi connectivity index (χ0) is 28.1. The number of rotatable bonds is 7. The van der Waals surface area contributed by atoms with Gasteiger partial charge in [0.1, 0.15) is 12.4 Å². The molecular formula is C33H36N6O2. The van der Waals surface area contributed by atoms with Gasteiger partial charge in [0.25, 0.3) is 0 Å². The number of benzene rings is 2. The Morgan fingerprint density at radius 1 is 1.20 bits per heavy atom. The van der Waals surface area contributed by atoms with Gasteiger partial charge in [0.05, 0.1) is 24.0 Å². The van der Waals surface area contributed by atoms with Crippen molar-refractivity contribution in [3.05, 3.63) is 60.2 Å². The van der Waals surface area contributed by atoms with Crippen molar-refractivity contribution >= 4 is 22.6 Å². The molecule has 0 N–H and O–H groups in total. The zero-order valence-corrected chi connectivity index (χ0v) is 23.6. The summed E-state index contributed by atoms with van der Waals surface area (Å²) in [6.45, 7) is 6.91. The summed E-state index contributed by atoms with van der Waals surface area (Å²) >= 11 is 0. The molecule has 0 bridgehead atoms. The van der Waals surface area contributed by atoms with Crippen molar-refractivity contribution in [2.45, 2.75) is 50.1 Å².